The summed E-state index contributed by atoms with van der Waals surface area (Å²) in [5.41, 5.74) is 0. The van der Waals surface area contributed by atoms with Crippen molar-refractivity contribution in [3.05, 3.63) is 30.3 Å². The number of ether oxygens (including phenoxy) is 1. The Hall–Kier alpha value is -1.24. The average Bonchev–Trinajstić information content (AvgIpc) is 2.48. The van der Waals surface area contributed by atoms with E-state index in [4.69, 9.17) is 13.1 Å². The van der Waals surface area contributed by atoms with E-state index in [2.05, 4.69) is 9.44 Å². The lowest BCUT2D eigenvalue weighted by Crippen LogP contribution is -2.40. The largest absolute Gasteiger partial charge is 0.491 e. The molecule has 1 aromatic carbocycles. The molecular formula is C15H26N2O7S2. The van der Waals surface area contributed by atoms with Crippen LogP contribution in [-0.4, -0.2) is 48.2 Å². The second-order valence-electron chi connectivity index (χ2n) is 6.08. The molecule has 1 rings (SSSR count). The molecule has 1 unspecified atom stereocenters. The van der Waals surface area contributed by atoms with Crippen LogP contribution in [0.25, 0.3) is 0 Å². The summed E-state index contributed by atoms with van der Waals surface area (Å²) < 4.78 is 67.2. The quantitative estimate of drug-likeness (QED) is 0.526. The van der Waals surface area contributed by atoms with E-state index in [0.29, 0.717) is 5.75 Å². The van der Waals surface area contributed by atoms with E-state index in [0.717, 1.165) is 0 Å². The van der Waals surface area contributed by atoms with Gasteiger partial charge in [0.15, 0.2) is 0 Å². The van der Waals surface area contributed by atoms with Crippen molar-refractivity contribution >= 4 is 20.6 Å². The minimum atomic E-state index is -4.10. The van der Waals surface area contributed by atoms with Gasteiger partial charge in [-0.3, -0.25) is 4.18 Å². The number of hydrogen-bond acceptors (Lipinski definition) is 7. The van der Waals surface area contributed by atoms with Gasteiger partial charge in [0, 0.05) is 12.1 Å². The van der Waals surface area contributed by atoms with Gasteiger partial charge in [0.1, 0.15) is 18.5 Å². The Labute approximate surface area is 155 Å². The van der Waals surface area contributed by atoms with Gasteiger partial charge in [-0.1, -0.05) is 18.2 Å². The smallest absolute Gasteiger partial charge is 0.336 e. The van der Waals surface area contributed by atoms with Crippen LogP contribution in [0.3, 0.4) is 0 Å². The van der Waals surface area contributed by atoms with Crippen molar-refractivity contribution in [1.82, 2.24) is 9.44 Å². The van der Waals surface area contributed by atoms with E-state index >= 15 is 0 Å². The summed E-state index contributed by atoms with van der Waals surface area (Å²) >= 11 is 0. The molecule has 0 fully saturated rings. The monoisotopic (exact) mass is 410 g/mol. The molecule has 0 bridgehead atoms. The van der Waals surface area contributed by atoms with Gasteiger partial charge in [-0.05, 0) is 39.8 Å². The fraction of sp³-hybridized carbons (Fsp3) is 0.600. The molecule has 0 aliphatic rings. The third-order valence-corrected chi connectivity index (χ3v) is 5.10. The van der Waals surface area contributed by atoms with E-state index in [1.807, 2.05) is 0 Å². The molecule has 0 amide bonds. The van der Waals surface area contributed by atoms with Gasteiger partial charge < -0.3 is 4.74 Å². The van der Waals surface area contributed by atoms with Crippen molar-refractivity contribution in [2.24, 2.45) is 0 Å². The molecular weight excluding hydrogens is 384 g/mol. The lowest BCUT2D eigenvalue weighted by molar-refractivity contribution is 0.0857. The van der Waals surface area contributed by atoms with Crippen LogP contribution in [0.2, 0.25) is 0 Å². The minimum Gasteiger partial charge on any atom is -0.491 e. The Morgan fingerprint density at radius 2 is 1.38 bits per heavy atom. The van der Waals surface area contributed by atoms with Gasteiger partial charge in [-0.25, -0.2) is 4.18 Å². The maximum atomic E-state index is 12.0. The maximum Gasteiger partial charge on any atom is 0.336 e. The Kier molecular flexibility index (Phi) is 8.93. The molecule has 0 aliphatic carbocycles. The van der Waals surface area contributed by atoms with Crippen LogP contribution in [0, 0.1) is 0 Å². The topological polar surface area (TPSA) is 120 Å². The molecule has 150 valence electrons. The van der Waals surface area contributed by atoms with Crippen LogP contribution in [0.4, 0.5) is 0 Å². The highest BCUT2D eigenvalue weighted by molar-refractivity contribution is 7.85. The first-order chi connectivity index (χ1) is 12.0. The summed E-state index contributed by atoms with van der Waals surface area (Å²) in [5.74, 6) is 0.485. The minimum absolute atomic E-state index is 0.222. The van der Waals surface area contributed by atoms with E-state index in [1.54, 1.807) is 58.0 Å². The fourth-order valence-electron chi connectivity index (χ4n) is 1.79. The predicted octanol–water partition coefficient (Wildman–Crippen LogP) is 0.953. The van der Waals surface area contributed by atoms with Gasteiger partial charge in [0.05, 0.1) is 6.61 Å². The summed E-state index contributed by atoms with van der Waals surface area (Å²) in [4.78, 5) is 0. The molecule has 11 heteroatoms. The second-order valence-corrected chi connectivity index (χ2v) is 8.80. The fourth-order valence-corrected chi connectivity index (χ4v) is 3.87. The van der Waals surface area contributed by atoms with E-state index in [9.17, 15) is 16.8 Å². The van der Waals surface area contributed by atoms with Gasteiger partial charge in [0.2, 0.25) is 0 Å². The third-order valence-electron chi connectivity index (χ3n) is 2.61. The van der Waals surface area contributed by atoms with E-state index < -0.39 is 33.3 Å². The number of benzene rings is 1. The average molecular weight is 411 g/mol. The zero-order valence-corrected chi connectivity index (χ0v) is 16.8. The van der Waals surface area contributed by atoms with Crippen molar-refractivity contribution in [3.63, 3.8) is 0 Å². The van der Waals surface area contributed by atoms with Crippen molar-refractivity contribution < 1.29 is 29.9 Å². The summed E-state index contributed by atoms with van der Waals surface area (Å²) in [6, 6.07) is 7.89. The van der Waals surface area contributed by atoms with Crippen molar-refractivity contribution in [1.29, 1.82) is 0 Å². The lowest BCUT2D eigenvalue weighted by Gasteiger charge is -2.19. The molecule has 1 aromatic rings. The van der Waals surface area contributed by atoms with Crippen LogP contribution in [-0.2, 0) is 29.0 Å². The van der Waals surface area contributed by atoms with Gasteiger partial charge in [-0.15, -0.1) is 0 Å². The SMILES string of the molecule is CC(C)NS(=O)(=O)OCC(COc1ccccc1)OS(=O)(=O)NC(C)C. The highest BCUT2D eigenvalue weighted by Gasteiger charge is 2.24. The molecule has 9 nitrogen and oxygen atoms in total. The molecule has 1 atom stereocenters. The Balaban J connectivity index is 2.77. The molecule has 0 radical (unpaired) electrons. The van der Waals surface area contributed by atoms with Crippen molar-refractivity contribution in [3.8, 4) is 5.75 Å². The first-order valence-electron chi connectivity index (χ1n) is 8.04. The van der Waals surface area contributed by atoms with Crippen LogP contribution in [0.5, 0.6) is 5.75 Å². The van der Waals surface area contributed by atoms with Gasteiger partial charge in [0.25, 0.3) is 0 Å². The Morgan fingerprint density at radius 3 is 1.92 bits per heavy atom. The van der Waals surface area contributed by atoms with Gasteiger partial charge >= 0.3 is 20.6 Å². The maximum absolute atomic E-state index is 12.0. The van der Waals surface area contributed by atoms with E-state index in [1.165, 1.54) is 0 Å². The molecule has 0 aromatic heterocycles. The molecule has 0 spiro atoms. The second kappa shape index (κ2) is 10.2. The highest BCUT2D eigenvalue weighted by Crippen LogP contribution is 2.11. The predicted molar refractivity (Wildman–Crippen MR) is 97.1 cm³/mol. The number of nitrogens with one attached hydrogen (secondary N) is 2. The van der Waals surface area contributed by atoms with Crippen molar-refractivity contribution in [2.45, 2.75) is 45.9 Å². The summed E-state index contributed by atoms with van der Waals surface area (Å²) in [6.45, 7) is 5.76. The Bertz CT molecular complexity index is 735. The normalized spacial score (nSPS) is 13.9. The zero-order valence-electron chi connectivity index (χ0n) is 15.2. The molecule has 26 heavy (non-hydrogen) atoms. The Morgan fingerprint density at radius 1 is 0.846 bits per heavy atom. The number of para-hydroxylation sites is 1. The van der Waals surface area contributed by atoms with Crippen LogP contribution in [0.1, 0.15) is 27.7 Å². The highest BCUT2D eigenvalue weighted by atomic mass is 32.2. The van der Waals surface area contributed by atoms with Crippen molar-refractivity contribution in [2.75, 3.05) is 13.2 Å². The van der Waals surface area contributed by atoms with E-state index in [-0.39, 0.29) is 18.7 Å². The summed E-state index contributed by atoms with van der Waals surface area (Å²) in [7, 11) is -8.14. The molecule has 2 N–H and O–H groups in total. The van der Waals surface area contributed by atoms with Crippen LogP contribution in [0.15, 0.2) is 30.3 Å². The molecule has 0 aliphatic heterocycles. The summed E-state index contributed by atoms with van der Waals surface area (Å²) in [6.07, 6.45) is -1.17. The molecule has 0 saturated heterocycles. The van der Waals surface area contributed by atoms with Crippen LogP contribution < -0.4 is 14.2 Å². The zero-order chi connectivity index (χ0) is 19.8. The molecule has 0 heterocycles. The third kappa shape index (κ3) is 10.0. The standard InChI is InChI=1S/C15H26N2O7S2/c1-12(2)16-25(18,19)23-11-15(24-26(20,21)17-13(3)4)10-22-14-8-6-5-7-9-14/h5-9,12-13,15-17H,10-11H2,1-4H3. The van der Waals surface area contributed by atoms with Crippen LogP contribution >= 0.6 is 0 Å². The first-order valence-corrected chi connectivity index (χ1v) is 10.9. The first kappa shape index (κ1) is 22.8. The molecule has 0 saturated carbocycles. The van der Waals surface area contributed by atoms with Gasteiger partial charge in [-0.2, -0.15) is 26.3 Å². The number of hydrogen-bond donors (Lipinski definition) is 2. The number of rotatable bonds is 12. The lowest BCUT2D eigenvalue weighted by atomic mass is 10.3. The summed E-state index contributed by atoms with van der Waals surface area (Å²) in [5, 5.41) is 0.